The van der Waals surface area contributed by atoms with Crippen LogP contribution in [0.25, 0.3) is 11.2 Å². The molecular formula is C31H30N4OS. The van der Waals surface area contributed by atoms with E-state index < -0.39 is 0 Å². The zero-order chi connectivity index (χ0) is 25.6. The van der Waals surface area contributed by atoms with E-state index >= 15 is 0 Å². The number of benzene rings is 3. The highest BCUT2D eigenvalue weighted by Gasteiger charge is 2.13. The van der Waals surface area contributed by atoms with E-state index in [0.29, 0.717) is 12.1 Å². The SMILES string of the molecule is CCc1ccc(CNC(=O)c2ccc(CSc3nc4cccnc4n3Cc3cccc(C)c3)cc2)cc1. The van der Waals surface area contributed by atoms with Gasteiger partial charge >= 0.3 is 0 Å². The molecule has 0 bridgehead atoms. The smallest absolute Gasteiger partial charge is 0.251 e. The maximum Gasteiger partial charge on any atom is 0.251 e. The van der Waals surface area contributed by atoms with Gasteiger partial charge in [0.25, 0.3) is 5.91 Å². The monoisotopic (exact) mass is 506 g/mol. The van der Waals surface area contributed by atoms with Gasteiger partial charge < -0.3 is 5.32 Å². The number of amides is 1. The molecule has 37 heavy (non-hydrogen) atoms. The van der Waals surface area contributed by atoms with E-state index in [4.69, 9.17) is 4.98 Å². The lowest BCUT2D eigenvalue weighted by Crippen LogP contribution is -2.22. The van der Waals surface area contributed by atoms with Crippen molar-refractivity contribution in [1.29, 1.82) is 0 Å². The second-order valence-corrected chi connectivity index (χ2v) is 10.1. The van der Waals surface area contributed by atoms with Gasteiger partial charge in [0.2, 0.25) is 0 Å². The van der Waals surface area contributed by atoms with Crippen molar-refractivity contribution in [3.63, 3.8) is 0 Å². The van der Waals surface area contributed by atoms with Gasteiger partial charge in [-0.05, 0) is 59.9 Å². The Bertz CT molecular complexity index is 1510. The third kappa shape index (κ3) is 6.09. The number of pyridine rings is 1. The van der Waals surface area contributed by atoms with Crippen molar-refractivity contribution >= 4 is 28.8 Å². The van der Waals surface area contributed by atoms with E-state index in [2.05, 4.69) is 77.2 Å². The number of aryl methyl sites for hydroxylation is 2. The lowest BCUT2D eigenvalue weighted by atomic mass is 10.1. The fourth-order valence-electron chi connectivity index (χ4n) is 4.26. The zero-order valence-corrected chi connectivity index (χ0v) is 22.0. The van der Waals surface area contributed by atoms with Gasteiger partial charge in [-0.3, -0.25) is 9.36 Å². The minimum Gasteiger partial charge on any atom is -0.348 e. The highest BCUT2D eigenvalue weighted by Crippen LogP contribution is 2.27. The normalized spacial score (nSPS) is 11.1. The number of carbonyl (C=O) groups is 1. The molecule has 5 rings (SSSR count). The molecule has 186 valence electrons. The average Bonchev–Trinajstić information content (AvgIpc) is 3.28. The second-order valence-electron chi connectivity index (χ2n) is 9.15. The number of hydrogen-bond acceptors (Lipinski definition) is 4. The number of imidazole rings is 1. The van der Waals surface area contributed by atoms with Crippen LogP contribution in [0.15, 0.2) is 96.3 Å². The summed E-state index contributed by atoms with van der Waals surface area (Å²) in [5.41, 5.74) is 8.45. The number of nitrogens with one attached hydrogen (secondary N) is 1. The van der Waals surface area contributed by atoms with E-state index in [0.717, 1.165) is 46.2 Å². The molecule has 0 spiro atoms. The first-order chi connectivity index (χ1) is 18.1. The predicted molar refractivity (Wildman–Crippen MR) is 151 cm³/mol. The van der Waals surface area contributed by atoms with Crippen LogP contribution in [-0.2, 0) is 25.3 Å². The lowest BCUT2D eigenvalue weighted by Gasteiger charge is -2.10. The first kappa shape index (κ1) is 24.8. The maximum absolute atomic E-state index is 12.6. The summed E-state index contributed by atoms with van der Waals surface area (Å²) in [7, 11) is 0. The Labute approximate surface area is 222 Å². The van der Waals surface area contributed by atoms with Gasteiger partial charge in [-0.2, -0.15) is 0 Å². The Morgan fingerprint density at radius 1 is 0.892 bits per heavy atom. The quantitative estimate of drug-likeness (QED) is 0.230. The molecule has 1 N–H and O–H groups in total. The Kier molecular flexibility index (Phi) is 7.66. The Morgan fingerprint density at radius 3 is 2.41 bits per heavy atom. The number of hydrogen-bond donors (Lipinski definition) is 1. The highest BCUT2D eigenvalue weighted by molar-refractivity contribution is 7.98. The molecule has 5 nitrogen and oxygen atoms in total. The number of fused-ring (bicyclic) bond motifs is 1. The number of thioether (sulfide) groups is 1. The van der Waals surface area contributed by atoms with Crippen LogP contribution in [0.1, 0.15) is 45.1 Å². The standard InChI is InChI=1S/C31H30N4OS/c1-3-23-9-11-24(12-10-23)19-33-30(36)27-15-13-25(14-16-27)21-37-31-34-28-8-5-17-32-29(28)35(31)20-26-7-4-6-22(2)18-26/h4-18H,3,19-21H2,1-2H3,(H,33,36). The molecule has 0 saturated heterocycles. The Balaban J connectivity index is 1.24. The Hall–Kier alpha value is -3.90. The van der Waals surface area contributed by atoms with Crippen LogP contribution in [0.5, 0.6) is 0 Å². The average molecular weight is 507 g/mol. The topological polar surface area (TPSA) is 59.8 Å². The summed E-state index contributed by atoms with van der Waals surface area (Å²) in [5.74, 6) is 0.688. The van der Waals surface area contributed by atoms with Gasteiger partial charge in [0, 0.05) is 24.1 Å². The third-order valence-electron chi connectivity index (χ3n) is 6.36. The highest BCUT2D eigenvalue weighted by atomic mass is 32.2. The van der Waals surface area contributed by atoms with Gasteiger partial charge in [-0.15, -0.1) is 0 Å². The first-order valence-corrected chi connectivity index (χ1v) is 13.5. The van der Waals surface area contributed by atoms with Gasteiger partial charge in [-0.1, -0.05) is 84.9 Å². The van der Waals surface area contributed by atoms with Crippen LogP contribution < -0.4 is 5.32 Å². The van der Waals surface area contributed by atoms with Gasteiger partial charge in [0.15, 0.2) is 10.8 Å². The molecule has 1 amide bonds. The van der Waals surface area contributed by atoms with E-state index in [1.165, 1.54) is 16.7 Å². The molecule has 0 aliphatic carbocycles. The van der Waals surface area contributed by atoms with Crippen molar-refractivity contribution in [2.75, 3.05) is 0 Å². The molecule has 6 heteroatoms. The Morgan fingerprint density at radius 2 is 1.65 bits per heavy atom. The summed E-state index contributed by atoms with van der Waals surface area (Å²) in [4.78, 5) is 22.1. The van der Waals surface area contributed by atoms with E-state index in [1.807, 2.05) is 42.6 Å². The predicted octanol–water partition coefficient (Wildman–Crippen LogP) is 6.57. The molecule has 0 aliphatic rings. The molecule has 0 radical (unpaired) electrons. The van der Waals surface area contributed by atoms with Crippen molar-refractivity contribution in [3.05, 3.63) is 125 Å². The van der Waals surface area contributed by atoms with Crippen molar-refractivity contribution in [3.8, 4) is 0 Å². The molecule has 0 atom stereocenters. The summed E-state index contributed by atoms with van der Waals surface area (Å²) in [6.07, 6.45) is 2.83. The fourth-order valence-corrected chi connectivity index (χ4v) is 5.22. The van der Waals surface area contributed by atoms with E-state index in [9.17, 15) is 4.79 Å². The van der Waals surface area contributed by atoms with Crippen molar-refractivity contribution < 1.29 is 4.79 Å². The van der Waals surface area contributed by atoms with Crippen molar-refractivity contribution in [2.24, 2.45) is 0 Å². The van der Waals surface area contributed by atoms with Crippen LogP contribution in [0.3, 0.4) is 0 Å². The van der Waals surface area contributed by atoms with Crippen molar-refractivity contribution in [2.45, 2.75) is 44.3 Å². The largest absolute Gasteiger partial charge is 0.348 e. The summed E-state index contributed by atoms with van der Waals surface area (Å²) >= 11 is 1.69. The molecule has 2 aromatic heterocycles. The van der Waals surface area contributed by atoms with Gasteiger partial charge in [0.05, 0.1) is 6.54 Å². The second kappa shape index (κ2) is 11.4. The molecule has 3 aromatic carbocycles. The van der Waals surface area contributed by atoms with Crippen LogP contribution in [0.2, 0.25) is 0 Å². The summed E-state index contributed by atoms with van der Waals surface area (Å²) < 4.78 is 2.18. The molecule has 0 saturated carbocycles. The number of carbonyl (C=O) groups excluding carboxylic acids is 1. The summed E-state index contributed by atoms with van der Waals surface area (Å²) in [6, 6.07) is 28.6. The molecule has 0 fully saturated rings. The minimum absolute atomic E-state index is 0.0650. The minimum atomic E-state index is -0.0650. The summed E-state index contributed by atoms with van der Waals surface area (Å²) in [6.45, 7) is 5.48. The van der Waals surface area contributed by atoms with Crippen LogP contribution >= 0.6 is 11.8 Å². The van der Waals surface area contributed by atoms with Crippen LogP contribution in [0, 0.1) is 6.92 Å². The lowest BCUT2D eigenvalue weighted by molar-refractivity contribution is 0.0951. The maximum atomic E-state index is 12.6. The number of aromatic nitrogens is 3. The van der Waals surface area contributed by atoms with E-state index in [1.54, 1.807) is 11.8 Å². The van der Waals surface area contributed by atoms with Gasteiger partial charge in [0.1, 0.15) is 5.52 Å². The fraction of sp³-hybridized carbons (Fsp3) is 0.194. The van der Waals surface area contributed by atoms with Gasteiger partial charge in [-0.25, -0.2) is 9.97 Å². The molecule has 2 heterocycles. The third-order valence-corrected chi connectivity index (χ3v) is 7.41. The molecule has 0 aliphatic heterocycles. The van der Waals surface area contributed by atoms with Crippen LogP contribution in [0.4, 0.5) is 0 Å². The van der Waals surface area contributed by atoms with Crippen molar-refractivity contribution in [1.82, 2.24) is 19.9 Å². The number of nitrogens with zero attached hydrogens (tertiary/aromatic N) is 3. The molecule has 5 aromatic rings. The van der Waals surface area contributed by atoms with E-state index in [-0.39, 0.29) is 5.91 Å². The number of rotatable bonds is 9. The zero-order valence-electron chi connectivity index (χ0n) is 21.1. The molecular weight excluding hydrogens is 476 g/mol. The van der Waals surface area contributed by atoms with Crippen LogP contribution in [-0.4, -0.2) is 20.4 Å². The molecule has 0 unspecified atom stereocenters. The summed E-state index contributed by atoms with van der Waals surface area (Å²) in [5, 5.41) is 3.95. The first-order valence-electron chi connectivity index (χ1n) is 12.5.